The summed E-state index contributed by atoms with van der Waals surface area (Å²) in [5, 5.41) is 11.8. The zero-order chi connectivity index (χ0) is 25.6. The van der Waals surface area contributed by atoms with E-state index in [0.717, 1.165) is 5.56 Å². The molecule has 3 nitrogen and oxygen atoms in total. The van der Waals surface area contributed by atoms with Crippen LogP contribution < -0.4 is 4.74 Å². The smallest absolute Gasteiger partial charge is 0.173 e. The van der Waals surface area contributed by atoms with Crippen LogP contribution in [0.2, 0.25) is 10.2 Å². The van der Waals surface area contributed by atoms with Crippen LogP contribution in [0.5, 0.6) is 17.2 Å². The molecule has 0 atom stereocenters. The number of aromatic nitrogens is 1. The van der Waals surface area contributed by atoms with Gasteiger partial charge in [0.1, 0.15) is 10.9 Å². The number of rotatable bonds is 4. The molecule has 5 rings (SSSR count). The maximum Gasteiger partial charge on any atom is 0.173 e. The highest BCUT2D eigenvalue weighted by Crippen LogP contribution is 2.49. The van der Waals surface area contributed by atoms with Gasteiger partial charge in [-0.15, -0.1) is 0 Å². The molecule has 0 radical (unpaired) electrons. The van der Waals surface area contributed by atoms with E-state index in [4.69, 9.17) is 27.9 Å². The van der Waals surface area contributed by atoms with E-state index in [-0.39, 0.29) is 27.1 Å². The quantitative estimate of drug-likeness (QED) is 0.239. The van der Waals surface area contributed by atoms with E-state index >= 15 is 8.78 Å². The summed E-state index contributed by atoms with van der Waals surface area (Å²) < 4.78 is 37.5. The normalized spacial score (nSPS) is 11.2. The van der Waals surface area contributed by atoms with E-state index < -0.39 is 17.4 Å². The van der Waals surface area contributed by atoms with Gasteiger partial charge in [0.2, 0.25) is 0 Å². The second-order valence-electron chi connectivity index (χ2n) is 8.48. The van der Waals surface area contributed by atoms with E-state index in [1.807, 2.05) is 31.2 Å². The summed E-state index contributed by atoms with van der Waals surface area (Å²) in [5.41, 5.74) is 2.38. The minimum atomic E-state index is -0.898. The third kappa shape index (κ3) is 4.25. The topological polar surface area (TPSA) is 42.4 Å². The van der Waals surface area contributed by atoms with Gasteiger partial charge in [0.15, 0.2) is 23.1 Å². The Morgan fingerprint density at radius 3 is 2.39 bits per heavy atom. The Balaban J connectivity index is 1.91. The number of hydrogen-bond donors (Lipinski definition) is 1. The fraction of sp³-hybridized carbons (Fsp3) is 0.0690. The van der Waals surface area contributed by atoms with Crippen LogP contribution in [0.25, 0.3) is 33.0 Å². The number of benzene rings is 4. The van der Waals surface area contributed by atoms with E-state index in [1.54, 1.807) is 31.2 Å². The van der Waals surface area contributed by atoms with Crippen molar-refractivity contribution in [3.63, 3.8) is 0 Å². The molecule has 1 heterocycles. The third-order valence-electron chi connectivity index (χ3n) is 5.94. The molecule has 7 heteroatoms. The second-order valence-corrected chi connectivity index (χ2v) is 9.24. The Kier molecular flexibility index (Phi) is 6.29. The molecule has 4 aromatic carbocycles. The van der Waals surface area contributed by atoms with Gasteiger partial charge in [-0.05, 0) is 66.1 Å². The molecule has 0 spiro atoms. The van der Waals surface area contributed by atoms with Crippen molar-refractivity contribution >= 4 is 34.0 Å². The van der Waals surface area contributed by atoms with Gasteiger partial charge < -0.3 is 9.84 Å². The lowest BCUT2D eigenvalue weighted by Crippen LogP contribution is -2.00. The summed E-state index contributed by atoms with van der Waals surface area (Å²) >= 11 is 12.2. The van der Waals surface area contributed by atoms with Gasteiger partial charge in [0.05, 0.1) is 5.02 Å². The lowest BCUT2D eigenvalue weighted by atomic mass is 9.87. The number of aryl methyl sites for hydroxylation is 2. The summed E-state index contributed by atoms with van der Waals surface area (Å²) in [6, 6.07) is 18.5. The maximum atomic E-state index is 15.7. The predicted octanol–water partition coefficient (Wildman–Crippen LogP) is 9.27. The average Bonchev–Trinajstić information content (AvgIpc) is 2.84. The summed E-state index contributed by atoms with van der Waals surface area (Å²) in [6.45, 7) is 3.61. The molecule has 180 valence electrons. The van der Waals surface area contributed by atoms with Gasteiger partial charge in [-0.1, -0.05) is 59.6 Å². The minimum Gasteiger partial charge on any atom is -0.505 e. The largest absolute Gasteiger partial charge is 0.505 e. The van der Waals surface area contributed by atoms with Crippen LogP contribution in [-0.2, 0) is 0 Å². The summed E-state index contributed by atoms with van der Waals surface area (Å²) in [5.74, 6) is -1.71. The number of hydrogen-bond acceptors (Lipinski definition) is 3. The molecular weight excluding hydrogens is 503 g/mol. The van der Waals surface area contributed by atoms with E-state index in [9.17, 15) is 5.11 Å². The van der Waals surface area contributed by atoms with Gasteiger partial charge in [-0.2, -0.15) is 0 Å². The molecule has 0 aliphatic heterocycles. The van der Waals surface area contributed by atoms with E-state index in [2.05, 4.69) is 4.98 Å². The van der Waals surface area contributed by atoms with Crippen molar-refractivity contribution in [2.75, 3.05) is 0 Å². The highest BCUT2D eigenvalue weighted by molar-refractivity contribution is 6.41. The van der Waals surface area contributed by atoms with Crippen molar-refractivity contribution in [3.05, 3.63) is 106 Å². The second kappa shape index (κ2) is 9.41. The molecule has 0 saturated heterocycles. The van der Waals surface area contributed by atoms with Gasteiger partial charge >= 0.3 is 0 Å². The molecule has 5 aromatic rings. The van der Waals surface area contributed by atoms with E-state index in [0.29, 0.717) is 33.2 Å². The molecule has 0 aliphatic rings. The Hall–Kier alpha value is -3.67. The number of pyridine rings is 1. The van der Waals surface area contributed by atoms with Crippen LogP contribution in [-0.4, -0.2) is 10.1 Å². The third-order valence-corrected chi connectivity index (χ3v) is 6.63. The highest BCUT2D eigenvalue weighted by atomic mass is 35.5. The Bertz CT molecular complexity index is 1650. The number of halogens is 4. The molecule has 1 aromatic heterocycles. The van der Waals surface area contributed by atoms with Crippen molar-refractivity contribution in [1.29, 1.82) is 0 Å². The zero-order valence-corrected chi connectivity index (χ0v) is 20.8. The van der Waals surface area contributed by atoms with Crippen LogP contribution in [0.4, 0.5) is 8.78 Å². The van der Waals surface area contributed by atoms with Crippen molar-refractivity contribution in [3.8, 4) is 39.5 Å². The lowest BCUT2D eigenvalue weighted by molar-refractivity contribution is 0.433. The number of phenolic OH excluding ortho intramolecular Hbond substituents is 1. The number of phenols is 1. The molecule has 0 fully saturated rings. The molecule has 0 unspecified atom stereocenters. The van der Waals surface area contributed by atoms with Gasteiger partial charge in [0, 0.05) is 28.5 Å². The number of nitrogens with zero attached hydrogens (tertiary/aromatic N) is 1. The maximum absolute atomic E-state index is 15.7. The van der Waals surface area contributed by atoms with Crippen LogP contribution in [0, 0.1) is 25.5 Å². The van der Waals surface area contributed by atoms with Gasteiger partial charge in [0.25, 0.3) is 0 Å². The predicted molar refractivity (Wildman–Crippen MR) is 140 cm³/mol. The summed E-state index contributed by atoms with van der Waals surface area (Å²) in [7, 11) is 0. The van der Waals surface area contributed by atoms with Crippen LogP contribution >= 0.6 is 23.2 Å². The molecule has 0 saturated carbocycles. The van der Waals surface area contributed by atoms with Crippen LogP contribution in [0.15, 0.2) is 72.9 Å². The lowest BCUT2D eigenvalue weighted by Gasteiger charge is -2.21. The van der Waals surface area contributed by atoms with Crippen molar-refractivity contribution < 1.29 is 18.6 Å². The Morgan fingerprint density at radius 1 is 0.861 bits per heavy atom. The molecule has 0 bridgehead atoms. The number of aromatic hydroxyl groups is 1. The number of ether oxygens (including phenoxy) is 1. The highest BCUT2D eigenvalue weighted by Gasteiger charge is 2.26. The van der Waals surface area contributed by atoms with Gasteiger partial charge in [-0.25, -0.2) is 13.8 Å². The number of fused-ring (bicyclic) bond motifs is 1. The Labute approximate surface area is 216 Å². The molecule has 0 amide bonds. The fourth-order valence-electron chi connectivity index (χ4n) is 4.37. The first-order valence-corrected chi connectivity index (χ1v) is 11.8. The standard InChI is InChI=1S/C29H19Cl2F2NO2/c1-15-6-5-8-19(10-15)36-28-22(32)13-17-7-3-4-9-20(17)26(28)24-16(2)11-23(35)27(33)25(24)18-12-21(30)29(31)34-14-18/h3-14,35H,1-2H3. The summed E-state index contributed by atoms with van der Waals surface area (Å²) in [6.07, 6.45) is 1.36. The molecule has 1 N–H and O–H groups in total. The minimum absolute atomic E-state index is 0.00316. The molecule has 0 aliphatic carbocycles. The van der Waals surface area contributed by atoms with Gasteiger partial charge in [-0.3, -0.25) is 0 Å². The van der Waals surface area contributed by atoms with E-state index in [1.165, 1.54) is 24.4 Å². The first-order chi connectivity index (χ1) is 17.2. The average molecular weight is 522 g/mol. The van der Waals surface area contributed by atoms with Crippen molar-refractivity contribution in [2.45, 2.75) is 13.8 Å². The van der Waals surface area contributed by atoms with Crippen LogP contribution in [0.3, 0.4) is 0 Å². The van der Waals surface area contributed by atoms with Crippen molar-refractivity contribution in [2.24, 2.45) is 0 Å². The molecular formula is C29H19Cl2F2NO2. The van der Waals surface area contributed by atoms with Crippen molar-refractivity contribution in [1.82, 2.24) is 4.98 Å². The summed E-state index contributed by atoms with van der Waals surface area (Å²) in [4.78, 5) is 4.05. The Morgan fingerprint density at radius 2 is 1.64 bits per heavy atom. The SMILES string of the molecule is Cc1cccc(Oc2c(F)cc3ccccc3c2-c2c(C)cc(O)c(F)c2-c2cnc(Cl)c(Cl)c2)c1. The zero-order valence-electron chi connectivity index (χ0n) is 19.2. The molecule has 36 heavy (non-hydrogen) atoms. The van der Waals surface area contributed by atoms with Crippen LogP contribution in [0.1, 0.15) is 11.1 Å². The first-order valence-electron chi connectivity index (χ1n) is 11.0. The first kappa shape index (κ1) is 24.0. The monoisotopic (exact) mass is 521 g/mol. The fourth-order valence-corrected chi connectivity index (χ4v) is 4.64.